The first-order valence-electron chi connectivity index (χ1n) is 5.82. The zero-order chi connectivity index (χ0) is 14.3. The summed E-state index contributed by atoms with van der Waals surface area (Å²) in [7, 11) is 0. The molecule has 0 aliphatic carbocycles. The minimum Gasteiger partial charge on any atom is -0.481 e. The normalized spacial score (nSPS) is 9.74. The Kier molecular flexibility index (Phi) is 5.53. The Labute approximate surface area is 110 Å². The van der Waals surface area contributed by atoms with Gasteiger partial charge in [0.05, 0.1) is 12.8 Å². The lowest BCUT2D eigenvalue weighted by atomic mass is 10.1. The van der Waals surface area contributed by atoms with Crippen molar-refractivity contribution in [3.05, 3.63) is 29.8 Å². The maximum atomic E-state index is 11.5. The molecule has 1 rings (SSSR count). The first-order valence-corrected chi connectivity index (χ1v) is 5.82. The predicted molar refractivity (Wildman–Crippen MR) is 69.7 cm³/mol. The van der Waals surface area contributed by atoms with Gasteiger partial charge in [0.2, 0.25) is 11.8 Å². The molecule has 3 N–H and O–H groups in total. The van der Waals surface area contributed by atoms with Gasteiger partial charge in [-0.25, -0.2) is 0 Å². The summed E-state index contributed by atoms with van der Waals surface area (Å²) in [5.74, 6) is -1.33. The van der Waals surface area contributed by atoms with Crippen molar-refractivity contribution in [1.82, 2.24) is 5.32 Å². The second kappa shape index (κ2) is 7.15. The molecular weight excluding hydrogens is 248 g/mol. The standard InChI is InChI=1S/C13H16N2O4/c1-9(16)15-11-4-2-10(3-5-11)8-12(17)14-7-6-13(18)19/h2-5H,6-8H2,1H3,(H,14,17)(H,15,16)(H,18,19). The van der Waals surface area contributed by atoms with Gasteiger partial charge in [0.1, 0.15) is 0 Å². The van der Waals surface area contributed by atoms with Crippen molar-refractivity contribution in [3.8, 4) is 0 Å². The van der Waals surface area contributed by atoms with Gasteiger partial charge in [0.25, 0.3) is 0 Å². The molecule has 102 valence electrons. The third kappa shape index (κ3) is 6.21. The molecule has 19 heavy (non-hydrogen) atoms. The van der Waals surface area contributed by atoms with Gasteiger partial charge in [-0.3, -0.25) is 14.4 Å². The Morgan fingerprint density at radius 2 is 1.79 bits per heavy atom. The smallest absolute Gasteiger partial charge is 0.305 e. The highest BCUT2D eigenvalue weighted by Crippen LogP contribution is 2.09. The largest absolute Gasteiger partial charge is 0.481 e. The van der Waals surface area contributed by atoms with E-state index in [4.69, 9.17) is 5.11 Å². The van der Waals surface area contributed by atoms with Crippen LogP contribution in [0.2, 0.25) is 0 Å². The number of carbonyl (C=O) groups is 3. The van der Waals surface area contributed by atoms with Gasteiger partial charge in [0, 0.05) is 19.2 Å². The first-order chi connectivity index (χ1) is 8.97. The summed E-state index contributed by atoms with van der Waals surface area (Å²) in [6.07, 6.45) is 0.0905. The summed E-state index contributed by atoms with van der Waals surface area (Å²) in [6.45, 7) is 1.54. The maximum absolute atomic E-state index is 11.5. The second-order valence-corrected chi connectivity index (χ2v) is 4.05. The molecule has 0 heterocycles. The van der Waals surface area contributed by atoms with Crippen LogP contribution in [0, 0.1) is 0 Å². The van der Waals surface area contributed by atoms with E-state index in [1.54, 1.807) is 24.3 Å². The molecule has 0 fully saturated rings. The van der Waals surface area contributed by atoms with Crippen LogP contribution < -0.4 is 10.6 Å². The predicted octanol–water partition coefficient (Wildman–Crippen LogP) is 0.778. The quantitative estimate of drug-likeness (QED) is 0.707. The molecule has 1 aromatic rings. The minimum atomic E-state index is -0.944. The fourth-order valence-electron chi connectivity index (χ4n) is 1.47. The lowest BCUT2D eigenvalue weighted by Crippen LogP contribution is -2.27. The number of aliphatic carboxylic acids is 1. The van der Waals surface area contributed by atoms with E-state index in [9.17, 15) is 14.4 Å². The fourth-order valence-corrected chi connectivity index (χ4v) is 1.47. The van der Waals surface area contributed by atoms with Gasteiger partial charge >= 0.3 is 5.97 Å². The number of anilines is 1. The summed E-state index contributed by atoms with van der Waals surface area (Å²) >= 11 is 0. The summed E-state index contributed by atoms with van der Waals surface area (Å²) in [5, 5.41) is 13.6. The molecule has 0 atom stereocenters. The fraction of sp³-hybridized carbons (Fsp3) is 0.308. The van der Waals surface area contributed by atoms with Crippen LogP contribution in [0.15, 0.2) is 24.3 Å². The van der Waals surface area contributed by atoms with Gasteiger partial charge < -0.3 is 15.7 Å². The number of rotatable bonds is 6. The molecule has 0 unspecified atom stereocenters. The van der Waals surface area contributed by atoms with Crippen LogP contribution in [-0.2, 0) is 20.8 Å². The molecule has 6 nitrogen and oxygen atoms in total. The molecule has 0 aromatic heterocycles. The van der Waals surface area contributed by atoms with Crippen molar-refractivity contribution < 1.29 is 19.5 Å². The number of amides is 2. The molecule has 2 amide bonds. The number of carbonyl (C=O) groups excluding carboxylic acids is 2. The summed E-state index contributed by atoms with van der Waals surface area (Å²) in [6, 6.07) is 6.90. The van der Waals surface area contributed by atoms with Crippen LogP contribution in [0.1, 0.15) is 18.9 Å². The van der Waals surface area contributed by atoms with Gasteiger partial charge in [0.15, 0.2) is 0 Å². The van der Waals surface area contributed by atoms with E-state index >= 15 is 0 Å². The highest BCUT2D eigenvalue weighted by molar-refractivity contribution is 5.88. The first kappa shape index (κ1) is 14.7. The third-order valence-corrected chi connectivity index (χ3v) is 2.30. The lowest BCUT2D eigenvalue weighted by Gasteiger charge is -2.05. The average Bonchev–Trinajstić information content (AvgIpc) is 2.30. The number of carboxylic acid groups (broad SMARTS) is 1. The molecule has 0 aliphatic rings. The highest BCUT2D eigenvalue weighted by atomic mass is 16.4. The molecule has 0 saturated carbocycles. The zero-order valence-electron chi connectivity index (χ0n) is 10.6. The minimum absolute atomic E-state index is 0.0901. The molecule has 6 heteroatoms. The van der Waals surface area contributed by atoms with Gasteiger partial charge in [-0.05, 0) is 17.7 Å². The van der Waals surface area contributed by atoms with Crippen LogP contribution in [0.25, 0.3) is 0 Å². The SMILES string of the molecule is CC(=O)Nc1ccc(CC(=O)NCCC(=O)O)cc1. The second-order valence-electron chi connectivity index (χ2n) is 4.05. The Morgan fingerprint density at radius 3 is 2.32 bits per heavy atom. The molecule has 0 aliphatic heterocycles. The Bertz CT molecular complexity index is 468. The van der Waals surface area contributed by atoms with Crippen LogP contribution in [0.3, 0.4) is 0 Å². The van der Waals surface area contributed by atoms with Crippen molar-refractivity contribution in [2.75, 3.05) is 11.9 Å². The number of nitrogens with one attached hydrogen (secondary N) is 2. The van der Waals surface area contributed by atoms with Crippen LogP contribution >= 0.6 is 0 Å². The number of hydrogen-bond donors (Lipinski definition) is 3. The van der Waals surface area contributed by atoms with Crippen molar-refractivity contribution in [2.45, 2.75) is 19.8 Å². The zero-order valence-corrected chi connectivity index (χ0v) is 10.6. The maximum Gasteiger partial charge on any atom is 0.305 e. The summed E-state index contributed by atoms with van der Waals surface area (Å²) < 4.78 is 0. The van der Waals surface area contributed by atoms with Crippen LogP contribution in [0.5, 0.6) is 0 Å². The average molecular weight is 264 g/mol. The van der Waals surface area contributed by atoms with Crippen LogP contribution in [-0.4, -0.2) is 29.4 Å². The topological polar surface area (TPSA) is 95.5 Å². The highest BCUT2D eigenvalue weighted by Gasteiger charge is 2.04. The molecule has 0 spiro atoms. The van der Waals surface area contributed by atoms with Crippen molar-refractivity contribution >= 4 is 23.5 Å². The van der Waals surface area contributed by atoms with Gasteiger partial charge in [-0.1, -0.05) is 12.1 Å². The van der Waals surface area contributed by atoms with E-state index < -0.39 is 5.97 Å². The summed E-state index contributed by atoms with van der Waals surface area (Å²) in [5.41, 5.74) is 1.46. The lowest BCUT2D eigenvalue weighted by molar-refractivity contribution is -0.137. The number of carboxylic acids is 1. The summed E-state index contributed by atoms with van der Waals surface area (Å²) in [4.78, 5) is 32.6. The van der Waals surface area contributed by atoms with E-state index in [0.717, 1.165) is 5.56 Å². The van der Waals surface area contributed by atoms with E-state index in [0.29, 0.717) is 5.69 Å². The molecule has 0 radical (unpaired) electrons. The molecule has 0 saturated heterocycles. The monoisotopic (exact) mass is 264 g/mol. The third-order valence-electron chi connectivity index (χ3n) is 2.30. The van der Waals surface area contributed by atoms with Crippen molar-refractivity contribution in [3.63, 3.8) is 0 Å². The van der Waals surface area contributed by atoms with E-state index in [2.05, 4.69) is 10.6 Å². The Hall–Kier alpha value is -2.37. The van der Waals surface area contributed by atoms with Crippen LogP contribution in [0.4, 0.5) is 5.69 Å². The van der Waals surface area contributed by atoms with Gasteiger partial charge in [-0.15, -0.1) is 0 Å². The number of hydrogen-bond acceptors (Lipinski definition) is 3. The Morgan fingerprint density at radius 1 is 1.16 bits per heavy atom. The van der Waals surface area contributed by atoms with E-state index in [1.807, 2.05) is 0 Å². The Balaban J connectivity index is 2.42. The molecular formula is C13H16N2O4. The van der Waals surface area contributed by atoms with Crippen molar-refractivity contribution in [1.29, 1.82) is 0 Å². The molecule has 1 aromatic carbocycles. The van der Waals surface area contributed by atoms with Gasteiger partial charge in [-0.2, -0.15) is 0 Å². The van der Waals surface area contributed by atoms with E-state index in [1.165, 1.54) is 6.92 Å². The molecule has 0 bridgehead atoms. The van der Waals surface area contributed by atoms with Crippen molar-refractivity contribution in [2.24, 2.45) is 0 Å². The van der Waals surface area contributed by atoms with E-state index in [-0.39, 0.29) is 31.2 Å². The number of benzene rings is 1.